The summed E-state index contributed by atoms with van der Waals surface area (Å²) in [4.78, 5) is 0. The summed E-state index contributed by atoms with van der Waals surface area (Å²) in [5.41, 5.74) is 2.87. The van der Waals surface area contributed by atoms with E-state index in [-0.39, 0.29) is 5.92 Å². The van der Waals surface area contributed by atoms with Crippen molar-refractivity contribution in [3.05, 3.63) is 47.5 Å². The molecule has 0 bridgehead atoms. The maximum absolute atomic E-state index is 12.4. The van der Waals surface area contributed by atoms with Crippen molar-refractivity contribution in [3.63, 3.8) is 0 Å². The van der Waals surface area contributed by atoms with Crippen molar-refractivity contribution in [2.45, 2.75) is 121 Å². The molecule has 0 nitrogen and oxygen atoms in total. The van der Waals surface area contributed by atoms with Crippen LogP contribution in [0.1, 0.15) is 126 Å². The lowest BCUT2D eigenvalue weighted by Crippen LogP contribution is -2.14. The molecule has 3 heteroatoms. The molecule has 2 aliphatic rings. The minimum absolute atomic E-state index is 0.0821. The maximum atomic E-state index is 12.4. The lowest BCUT2D eigenvalue weighted by molar-refractivity contribution is -0.0803. The Labute approximate surface area is 194 Å². The van der Waals surface area contributed by atoms with E-state index >= 15 is 0 Å². The predicted octanol–water partition coefficient (Wildman–Crippen LogP) is 10.1. The van der Waals surface area contributed by atoms with E-state index in [1.807, 2.05) is 0 Å². The summed E-state index contributed by atoms with van der Waals surface area (Å²) >= 11 is 0. The highest BCUT2D eigenvalue weighted by Gasteiger charge is 2.26. The SMILES string of the molecule is CCCCCCCC[C@H]1CC[C@H](c2ccc([C@H]3CC[C@H](C=CC(F)(F)F)CC3)cc2)CC1. The highest BCUT2D eigenvalue weighted by molar-refractivity contribution is 5.28. The van der Waals surface area contributed by atoms with E-state index in [2.05, 4.69) is 31.2 Å². The van der Waals surface area contributed by atoms with Crippen molar-refractivity contribution in [2.75, 3.05) is 0 Å². The standard InChI is InChI=1S/C29H43F3/c1-2-3-4-5-6-7-8-23-9-13-25(14-10-23)27-17-19-28(20-18-27)26-15-11-24(12-16-26)21-22-29(30,31)32/h17-26H,2-16H2,1H3/t23-,24-,25-,26-. The van der Waals surface area contributed by atoms with Crippen LogP contribution in [0.3, 0.4) is 0 Å². The first-order valence-corrected chi connectivity index (χ1v) is 13.3. The van der Waals surface area contributed by atoms with Crippen molar-refractivity contribution in [2.24, 2.45) is 11.8 Å². The van der Waals surface area contributed by atoms with Crippen molar-refractivity contribution in [1.29, 1.82) is 0 Å². The van der Waals surface area contributed by atoms with Gasteiger partial charge in [0, 0.05) is 6.08 Å². The summed E-state index contributed by atoms with van der Waals surface area (Å²) in [6.45, 7) is 2.28. The molecule has 1 aromatic rings. The summed E-state index contributed by atoms with van der Waals surface area (Å²) in [6.07, 6.45) is 16.6. The Morgan fingerprint density at radius 1 is 0.719 bits per heavy atom. The second kappa shape index (κ2) is 12.8. The Kier molecular flexibility index (Phi) is 10.2. The number of alkyl halides is 3. The van der Waals surface area contributed by atoms with E-state index in [0.717, 1.165) is 31.6 Å². The van der Waals surface area contributed by atoms with Gasteiger partial charge in [-0.2, -0.15) is 13.2 Å². The monoisotopic (exact) mass is 448 g/mol. The first kappa shape index (κ1) is 25.4. The van der Waals surface area contributed by atoms with Gasteiger partial charge in [-0.15, -0.1) is 0 Å². The van der Waals surface area contributed by atoms with E-state index in [1.165, 1.54) is 87.8 Å². The molecule has 1 aromatic carbocycles. The van der Waals surface area contributed by atoms with Gasteiger partial charge in [0.25, 0.3) is 0 Å². The summed E-state index contributed by atoms with van der Waals surface area (Å²) < 4.78 is 37.2. The fourth-order valence-corrected chi connectivity index (χ4v) is 5.93. The van der Waals surface area contributed by atoms with Crippen molar-refractivity contribution < 1.29 is 13.2 Å². The third-order valence-electron chi connectivity index (χ3n) is 8.02. The van der Waals surface area contributed by atoms with Crippen LogP contribution in [0.2, 0.25) is 0 Å². The molecule has 0 atom stereocenters. The quantitative estimate of drug-likeness (QED) is 0.247. The molecule has 0 aromatic heterocycles. The molecule has 0 N–H and O–H groups in total. The molecule has 0 amide bonds. The van der Waals surface area contributed by atoms with Crippen LogP contribution in [0.5, 0.6) is 0 Å². The van der Waals surface area contributed by atoms with Gasteiger partial charge in [0.2, 0.25) is 0 Å². The third kappa shape index (κ3) is 8.60. The molecule has 2 aliphatic carbocycles. The highest BCUT2D eigenvalue weighted by Crippen LogP contribution is 2.40. The van der Waals surface area contributed by atoms with E-state index < -0.39 is 6.18 Å². The molecule has 0 spiro atoms. The number of hydrogen-bond acceptors (Lipinski definition) is 0. The Hall–Kier alpha value is -1.25. The maximum Gasteiger partial charge on any atom is 0.409 e. The fourth-order valence-electron chi connectivity index (χ4n) is 5.93. The van der Waals surface area contributed by atoms with E-state index in [0.29, 0.717) is 17.9 Å². The minimum Gasteiger partial charge on any atom is -0.167 e. The van der Waals surface area contributed by atoms with Crippen LogP contribution in [-0.4, -0.2) is 6.18 Å². The normalized spacial score (nSPS) is 27.1. The van der Waals surface area contributed by atoms with E-state index in [9.17, 15) is 13.2 Å². The van der Waals surface area contributed by atoms with Crippen LogP contribution in [-0.2, 0) is 0 Å². The second-order valence-corrected chi connectivity index (χ2v) is 10.5. The number of benzene rings is 1. The van der Waals surface area contributed by atoms with Gasteiger partial charge >= 0.3 is 6.18 Å². The fraction of sp³-hybridized carbons (Fsp3) is 0.724. The molecule has 2 fully saturated rings. The lowest BCUT2D eigenvalue weighted by atomic mass is 9.75. The summed E-state index contributed by atoms with van der Waals surface area (Å²) in [6, 6.07) is 9.27. The highest BCUT2D eigenvalue weighted by atomic mass is 19.4. The summed E-state index contributed by atoms with van der Waals surface area (Å²) in [5.74, 6) is 2.25. The molecule has 32 heavy (non-hydrogen) atoms. The van der Waals surface area contributed by atoms with Gasteiger partial charge in [-0.25, -0.2) is 0 Å². The first-order valence-electron chi connectivity index (χ1n) is 13.3. The van der Waals surface area contributed by atoms with Gasteiger partial charge in [0.15, 0.2) is 0 Å². The zero-order valence-corrected chi connectivity index (χ0v) is 20.0. The topological polar surface area (TPSA) is 0 Å². The van der Waals surface area contributed by atoms with Gasteiger partial charge < -0.3 is 0 Å². The van der Waals surface area contributed by atoms with Crippen LogP contribution < -0.4 is 0 Å². The number of hydrogen-bond donors (Lipinski definition) is 0. The van der Waals surface area contributed by atoms with Crippen LogP contribution in [0.4, 0.5) is 13.2 Å². The Morgan fingerprint density at radius 2 is 1.22 bits per heavy atom. The van der Waals surface area contributed by atoms with E-state index in [1.54, 1.807) is 0 Å². The lowest BCUT2D eigenvalue weighted by Gasteiger charge is -2.30. The van der Waals surface area contributed by atoms with Crippen molar-refractivity contribution in [1.82, 2.24) is 0 Å². The molecule has 2 saturated carbocycles. The van der Waals surface area contributed by atoms with Crippen LogP contribution in [0.15, 0.2) is 36.4 Å². The van der Waals surface area contributed by atoms with Crippen molar-refractivity contribution in [3.8, 4) is 0 Å². The van der Waals surface area contributed by atoms with Gasteiger partial charge in [0.1, 0.15) is 0 Å². The van der Waals surface area contributed by atoms with Crippen LogP contribution in [0.25, 0.3) is 0 Å². The predicted molar refractivity (Wildman–Crippen MR) is 129 cm³/mol. The van der Waals surface area contributed by atoms with Gasteiger partial charge in [-0.05, 0) is 86.2 Å². The molecule has 0 aliphatic heterocycles. The van der Waals surface area contributed by atoms with Gasteiger partial charge in [-0.3, -0.25) is 0 Å². The summed E-state index contributed by atoms with van der Waals surface area (Å²) in [5, 5.41) is 0. The largest absolute Gasteiger partial charge is 0.409 e. The molecule has 0 unspecified atom stereocenters. The van der Waals surface area contributed by atoms with Crippen molar-refractivity contribution >= 4 is 0 Å². The Morgan fingerprint density at radius 3 is 1.75 bits per heavy atom. The molecular weight excluding hydrogens is 405 g/mol. The zero-order chi connectivity index (χ0) is 22.8. The van der Waals surface area contributed by atoms with E-state index in [4.69, 9.17) is 0 Å². The molecule has 0 heterocycles. The van der Waals surface area contributed by atoms with Gasteiger partial charge in [-0.1, -0.05) is 82.2 Å². The molecular formula is C29H43F3. The first-order chi connectivity index (χ1) is 15.4. The second-order valence-electron chi connectivity index (χ2n) is 10.5. The minimum atomic E-state index is -4.18. The number of unbranched alkanes of at least 4 members (excludes halogenated alkanes) is 5. The van der Waals surface area contributed by atoms with Crippen LogP contribution in [0, 0.1) is 11.8 Å². The number of allylic oxidation sites excluding steroid dienone is 2. The smallest absolute Gasteiger partial charge is 0.167 e. The third-order valence-corrected chi connectivity index (χ3v) is 8.02. The Balaban J connectivity index is 1.37. The molecule has 0 saturated heterocycles. The average molecular weight is 449 g/mol. The average Bonchev–Trinajstić information content (AvgIpc) is 2.80. The number of rotatable bonds is 10. The number of halogens is 3. The van der Waals surface area contributed by atoms with Gasteiger partial charge in [0.05, 0.1) is 0 Å². The Bertz CT molecular complexity index is 657. The van der Waals surface area contributed by atoms with Crippen LogP contribution >= 0.6 is 0 Å². The molecule has 180 valence electrons. The molecule has 3 rings (SSSR count). The zero-order valence-electron chi connectivity index (χ0n) is 20.0. The molecule has 0 radical (unpaired) electrons. The summed E-state index contributed by atoms with van der Waals surface area (Å²) in [7, 11) is 0.